The summed E-state index contributed by atoms with van der Waals surface area (Å²) in [5.41, 5.74) is 1.84. The summed E-state index contributed by atoms with van der Waals surface area (Å²) < 4.78 is 0. The maximum absolute atomic E-state index is 12.3. The van der Waals surface area contributed by atoms with Crippen LogP contribution in [0.2, 0.25) is 0 Å². The molecule has 3 aromatic rings. The van der Waals surface area contributed by atoms with Crippen LogP contribution in [-0.2, 0) is 6.54 Å². The quantitative estimate of drug-likeness (QED) is 0.670. The molecule has 2 aromatic heterocycles. The highest BCUT2D eigenvalue weighted by Gasteiger charge is 2.20. The third-order valence-corrected chi connectivity index (χ3v) is 3.46. The number of aryl methyl sites for hydroxylation is 1. The first-order valence-electron chi connectivity index (χ1n) is 7.59. The molecule has 0 aliphatic heterocycles. The van der Waals surface area contributed by atoms with E-state index in [1.807, 2.05) is 49.4 Å². The molecule has 0 aliphatic rings. The lowest BCUT2D eigenvalue weighted by atomic mass is 10.1. The van der Waals surface area contributed by atoms with Crippen molar-refractivity contribution in [3.8, 4) is 0 Å². The predicted octanol–water partition coefficient (Wildman–Crippen LogP) is 2.10. The van der Waals surface area contributed by atoms with Crippen LogP contribution in [0, 0.1) is 6.92 Å². The third-order valence-electron chi connectivity index (χ3n) is 3.46. The van der Waals surface area contributed by atoms with Gasteiger partial charge in [-0.3, -0.25) is 10.1 Å². The molecule has 1 atom stereocenters. The van der Waals surface area contributed by atoms with Crippen molar-refractivity contribution in [2.45, 2.75) is 19.5 Å². The second-order valence-corrected chi connectivity index (χ2v) is 5.31. The van der Waals surface area contributed by atoms with E-state index in [2.05, 4.69) is 30.8 Å². The van der Waals surface area contributed by atoms with Crippen molar-refractivity contribution in [3.05, 3.63) is 77.6 Å². The zero-order valence-electron chi connectivity index (χ0n) is 13.2. The van der Waals surface area contributed by atoms with Crippen molar-refractivity contribution in [1.82, 2.24) is 30.8 Å². The van der Waals surface area contributed by atoms with Gasteiger partial charge in [-0.1, -0.05) is 36.4 Å². The van der Waals surface area contributed by atoms with E-state index < -0.39 is 6.04 Å². The van der Waals surface area contributed by atoms with Gasteiger partial charge >= 0.3 is 6.03 Å². The Bertz CT molecular complexity index is 787. The molecule has 3 N–H and O–H groups in total. The summed E-state index contributed by atoms with van der Waals surface area (Å²) in [6.45, 7) is 2.22. The van der Waals surface area contributed by atoms with Crippen molar-refractivity contribution < 1.29 is 4.79 Å². The molecule has 0 radical (unpaired) electrons. The molecule has 0 saturated carbocycles. The summed E-state index contributed by atoms with van der Waals surface area (Å²) in [6, 6.07) is 12.6. The zero-order valence-corrected chi connectivity index (χ0v) is 13.2. The number of hydrogen-bond acceptors (Lipinski definition) is 4. The van der Waals surface area contributed by atoms with E-state index in [0.717, 1.165) is 11.1 Å². The van der Waals surface area contributed by atoms with E-state index >= 15 is 0 Å². The summed E-state index contributed by atoms with van der Waals surface area (Å²) >= 11 is 0. The van der Waals surface area contributed by atoms with Gasteiger partial charge in [-0.05, 0) is 24.1 Å². The summed E-state index contributed by atoms with van der Waals surface area (Å²) in [6.07, 6.45) is 3.41. The number of pyridine rings is 1. The van der Waals surface area contributed by atoms with Gasteiger partial charge in [-0.2, -0.15) is 5.10 Å². The molecule has 7 nitrogen and oxygen atoms in total. The molecule has 0 bridgehead atoms. The van der Waals surface area contributed by atoms with Crippen LogP contribution >= 0.6 is 0 Å². The van der Waals surface area contributed by atoms with Crippen LogP contribution in [0.25, 0.3) is 0 Å². The molecule has 0 aliphatic carbocycles. The number of aromatic amines is 1. The van der Waals surface area contributed by atoms with E-state index in [1.54, 1.807) is 12.4 Å². The number of aromatic nitrogens is 4. The number of rotatable bonds is 5. The first-order valence-corrected chi connectivity index (χ1v) is 7.59. The maximum atomic E-state index is 12.3. The van der Waals surface area contributed by atoms with E-state index in [9.17, 15) is 4.79 Å². The van der Waals surface area contributed by atoms with Crippen LogP contribution in [0.3, 0.4) is 0 Å². The normalized spacial score (nSPS) is 11.7. The van der Waals surface area contributed by atoms with E-state index in [1.165, 1.54) is 0 Å². The molecule has 2 amide bonds. The van der Waals surface area contributed by atoms with E-state index in [4.69, 9.17) is 0 Å². The number of amides is 2. The lowest BCUT2D eigenvalue weighted by Gasteiger charge is -2.17. The van der Waals surface area contributed by atoms with E-state index in [-0.39, 0.29) is 6.03 Å². The van der Waals surface area contributed by atoms with Crippen LogP contribution in [0.5, 0.6) is 0 Å². The molecular weight excluding hydrogens is 304 g/mol. The van der Waals surface area contributed by atoms with Gasteiger partial charge in [0, 0.05) is 18.9 Å². The van der Waals surface area contributed by atoms with Crippen molar-refractivity contribution in [3.63, 3.8) is 0 Å². The van der Waals surface area contributed by atoms with Crippen molar-refractivity contribution in [2.24, 2.45) is 0 Å². The molecule has 7 heteroatoms. The van der Waals surface area contributed by atoms with Gasteiger partial charge in [0.25, 0.3) is 0 Å². The third kappa shape index (κ3) is 3.95. The number of carbonyl (C=O) groups is 1. The highest BCUT2D eigenvalue weighted by atomic mass is 16.2. The second-order valence-electron chi connectivity index (χ2n) is 5.31. The first kappa shape index (κ1) is 15.7. The van der Waals surface area contributed by atoms with Gasteiger partial charge < -0.3 is 10.6 Å². The molecular formula is C17H18N6O. The van der Waals surface area contributed by atoms with Gasteiger partial charge in [0.2, 0.25) is 0 Å². The highest BCUT2D eigenvalue weighted by Crippen LogP contribution is 2.18. The van der Waals surface area contributed by atoms with Crippen LogP contribution in [0.4, 0.5) is 4.79 Å². The summed E-state index contributed by atoms with van der Waals surface area (Å²) in [5.74, 6) is 1.22. The smallest absolute Gasteiger partial charge is 0.315 e. The van der Waals surface area contributed by atoms with Gasteiger partial charge in [-0.25, -0.2) is 9.78 Å². The Morgan fingerprint density at radius 1 is 1.21 bits per heavy atom. The molecule has 0 saturated heterocycles. The second kappa shape index (κ2) is 7.36. The topological polar surface area (TPSA) is 95.6 Å². The number of H-pyrrole nitrogens is 1. The number of nitrogens with one attached hydrogen (secondary N) is 3. The molecule has 1 aromatic carbocycles. The van der Waals surface area contributed by atoms with Crippen LogP contribution in [0.1, 0.15) is 28.8 Å². The van der Waals surface area contributed by atoms with Gasteiger partial charge in [0.1, 0.15) is 11.9 Å². The van der Waals surface area contributed by atoms with Crippen LogP contribution < -0.4 is 10.6 Å². The van der Waals surface area contributed by atoms with Crippen molar-refractivity contribution in [1.29, 1.82) is 0 Å². The Morgan fingerprint density at radius 3 is 2.71 bits per heavy atom. The summed E-state index contributed by atoms with van der Waals surface area (Å²) in [5, 5.41) is 12.7. The monoisotopic (exact) mass is 322 g/mol. The Hall–Kier alpha value is -3.22. The fourth-order valence-corrected chi connectivity index (χ4v) is 2.30. The predicted molar refractivity (Wildman–Crippen MR) is 89.0 cm³/mol. The first-order chi connectivity index (χ1) is 11.7. The molecule has 24 heavy (non-hydrogen) atoms. The molecule has 0 fully saturated rings. The van der Waals surface area contributed by atoms with Crippen molar-refractivity contribution in [2.75, 3.05) is 0 Å². The molecule has 1 unspecified atom stereocenters. The maximum Gasteiger partial charge on any atom is 0.315 e. The SMILES string of the molecule is Cc1nc(C(NC(=O)NCc2cccnc2)c2ccccc2)n[nH]1. The fraction of sp³-hybridized carbons (Fsp3) is 0.176. The minimum absolute atomic E-state index is 0.296. The number of hydrogen-bond donors (Lipinski definition) is 3. The highest BCUT2D eigenvalue weighted by molar-refractivity contribution is 5.74. The largest absolute Gasteiger partial charge is 0.334 e. The Balaban J connectivity index is 1.71. The zero-order chi connectivity index (χ0) is 16.8. The van der Waals surface area contributed by atoms with Crippen molar-refractivity contribution >= 4 is 6.03 Å². The molecule has 3 rings (SSSR count). The van der Waals surface area contributed by atoms with Gasteiger partial charge in [-0.15, -0.1) is 0 Å². The van der Waals surface area contributed by atoms with Crippen LogP contribution in [0.15, 0.2) is 54.9 Å². The number of benzene rings is 1. The number of nitrogens with zero attached hydrogens (tertiary/aromatic N) is 3. The van der Waals surface area contributed by atoms with Gasteiger partial charge in [0.05, 0.1) is 0 Å². The van der Waals surface area contributed by atoms with Gasteiger partial charge in [0.15, 0.2) is 5.82 Å². The lowest BCUT2D eigenvalue weighted by Crippen LogP contribution is -2.38. The fourth-order valence-electron chi connectivity index (χ4n) is 2.30. The Morgan fingerprint density at radius 2 is 2.04 bits per heavy atom. The minimum Gasteiger partial charge on any atom is -0.334 e. The average Bonchev–Trinajstić information content (AvgIpc) is 3.05. The molecule has 122 valence electrons. The van der Waals surface area contributed by atoms with E-state index in [0.29, 0.717) is 18.2 Å². The summed E-state index contributed by atoms with van der Waals surface area (Å²) in [7, 11) is 0. The Labute approximate surface area is 139 Å². The lowest BCUT2D eigenvalue weighted by molar-refractivity contribution is 0.238. The number of urea groups is 1. The molecule has 2 heterocycles. The standard InChI is InChI=1S/C17H18N6O/c1-12-20-16(23-22-12)15(14-7-3-2-4-8-14)21-17(24)19-11-13-6-5-9-18-10-13/h2-10,15H,11H2,1H3,(H2,19,21,24)(H,20,22,23). The average molecular weight is 322 g/mol. The number of carbonyl (C=O) groups excluding carboxylic acids is 1. The minimum atomic E-state index is -0.426. The Kier molecular flexibility index (Phi) is 4.81. The van der Waals surface area contributed by atoms with Crippen LogP contribution in [-0.4, -0.2) is 26.2 Å². The summed E-state index contributed by atoms with van der Waals surface area (Å²) in [4.78, 5) is 20.6. The molecule has 0 spiro atoms.